The normalized spacial score (nSPS) is 20.4. The minimum atomic E-state index is -0.262. The van der Waals surface area contributed by atoms with Crippen LogP contribution >= 0.6 is 0 Å². The third-order valence-electron chi connectivity index (χ3n) is 4.39. The van der Waals surface area contributed by atoms with Gasteiger partial charge >= 0.3 is 0 Å². The molecule has 132 valence electrons. The van der Waals surface area contributed by atoms with Gasteiger partial charge in [-0.05, 0) is 25.7 Å². The number of likely N-dealkylation sites (tertiary alicyclic amines) is 1. The summed E-state index contributed by atoms with van der Waals surface area (Å²) in [6, 6.07) is 1.56. The Morgan fingerprint density at radius 1 is 1.38 bits per heavy atom. The van der Waals surface area contributed by atoms with Crippen LogP contribution in [-0.2, 0) is 16.6 Å². The van der Waals surface area contributed by atoms with Crippen molar-refractivity contribution in [1.29, 1.82) is 0 Å². The summed E-state index contributed by atoms with van der Waals surface area (Å²) in [5, 5.41) is 6.97. The first-order chi connectivity index (χ1) is 11.6. The minimum Gasteiger partial charge on any atom is -0.468 e. The molecule has 0 radical (unpaired) electrons. The Kier molecular flexibility index (Phi) is 5.34. The molecule has 24 heavy (non-hydrogen) atoms. The maximum absolute atomic E-state index is 12.1. The molecule has 2 aliphatic heterocycles. The van der Waals surface area contributed by atoms with E-state index >= 15 is 0 Å². The number of amides is 2. The van der Waals surface area contributed by atoms with Gasteiger partial charge in [-0.2, -0.15) is 5.10 Å². The molecule has 1 aromatic heterocycles. The summed E-state index contributed by atoms with van der Waals surface area (Å²) in [5.41, 5.74) is 0.277. The average Bonchev–Trinajstić information content (AvgIpc) is 3.32. The number of rotatable bonds is 6. The molecule has 1 aromatic rings. The molecule has 0 spiro atoms. The number of hydrogen-bond donors (Lipinski definition) is 1. The van der Waals surface area contributed by atoms with Crippen LogP contribution in [0.2, 0.25) is 0 Å². The van der Waals surface area contributed by atoms with Crippen molar-refractivity contribution >= 4 is 11.8 Å². The summed E-state index contributed by atoms with van der Waals surface area (Å²) in [6.07, 6.45) is 4.19. The highest BCUT2D eigenvalue weighted by Crippen LogP contribution is 2.14. The minimum absolute atomic E-state index is 0.0296. The van der Waals surface area contributed by atoms with Gasteiger partial charge in [0.25, 0.3) is 11.8 Å². The zero-order valence-electron chi connectivity index (χ0n) is 14.0. The van der Waals surface area contributed by atoms with Crippen LogP contribution in [-0.4, -0.2) is 65.4 Å². The Morgan fingerprint density at radius 2 is 2.17 bits per heavy atom. The second kappa shape index (κ2) is 7.65. The zero-order chi connectivity index (χ0) is 16.9. The van der Waals surface area contributed by atoms with E-state index in [1.165, 1.54) is 4.68 Å². The summed E-state index contributed by atoms with van der Waals surface area (Å²) < 4.78 is 12.5. The fraction of sp³-hybridized carbons (Fsp3) is 0.688. The van der Waals surface area contributed by atoms with E-state index in [9.17, 15) is 9.59 Å². The van der Waals surface area contributed by atoms with Crippen LogP contribution in [0.25, 0.3) is 0 Å². The molecule has 0 aliphatic carbocycles. The first-order valence-electron chi connectivity index (χ1n) is 8.48. The van der Waals surface area contributed by atoms with Gasteiger partial charge in [-0.1, -0.05) is 0 Å². The number of aryl methyl sites for hydroxylation is 1. The van der Waals surface area contributed by atoms with E-state index in [1.807, 2.05) is 0 Å². The highest BCUT2D eigenvalue weighted by molar-refractivity contribution is 5.92. The highest BCUT2D eigenvalue weighted by Gasteiger charge is 2.21. The van der Waals surface area contributed by atoms with Crippen LogP contribution in [0.15, 0.2) is 6.07 Å². The number of aromatic nitrogens is 2. The summed E-state index contributed by atoms with van der Waals surface area (Å²) in [5.74, 6) is 0.115. The van der Waals surface area contributed by atoms with Crippen LogP contribution in [0.1, 0.15) is 36.2 Å². The molecule has 0 unspecified atom stereocenters. The van der Waals surface area contributed by atoms with Crippen LogP contribution < -0.4 is 10.1 Å². The average molecular weight is 336 g/mol. The number of ether oxygens (including phenoxy) is 2. The highest BCUT2D eigenvalue weighted by atomic mass is 16.5. The maximum Gasteiger partial charge on any atom is 0.272 e. The van der Waals surface area contributed by atoms with Crippen LogP contribution in [0.3, 0.4) is 0 Å². The number of carbonyl (C=O) groups excluding carboxylic acids is 2. The molecule has 8 nitrogen and oxygen atoms in total. The van der Waals surface area contributed by atoms with E-state index in [2.05, 4.69) is 10.4 Å². The van der Waals surface area contributed by atoms with Gasteiger partial charge in [-0.15, -0.1) is 0 Å². The van der Waals surface area contributed by atoms with E-state index in [1.54, 1.807) is 18.0 Å². The van der Waals surface area contributed by atoms with E-state index in [4.69, 9.17) is 9.47 Å². The lowest BCUT2D eigenvalue weighted by atomic mass is 10.2. The largest absolute Gasteiger partial charge is 0.468 e. The molecule has 0 saturated carbocycles. The summed E-state index contributed by atoms with van der Waals surface area (Å²) in [4.78, 5) is 25.9. The molecule has 3 heterocycles. The molecule has 0 aromatic carbocycles. The molecule has 1 atom stereocenters. The van der Waals surface area contributed by atoms with Crippen molar-refractivity contribution in [2.45, 2.75) is 31.8 Å². The Balaban J connectivity index is 1.49. The molecular weight excluding hydrogens is 312 g/mol. The van der Waals surface area contributed by atoms with Crippen LogP contribution in [0.5, 0.6) is 5.88 Å². The van der Waals surface area contributed by atoms with Crippen molar-refractivity contribution in [2.24, 2.45) is 7.05 Å². The summed E-state index contributed by atoms with van der Waals surface area (Å²) >= 11 is 0. The van der Waals surface area contributed by atoms with Gasteiger partial charge < -0.3 is 19.7 Å². The second-order valence-corrected chi connectivity index (χ2v) is 6.21. The first kappa shape index (κ1) is 16.8. The zero-order valence-corrected chi connectivity index (χ0v) is 14.0. The summed E-state index contributed by atoms with van der Waals surface area (Å²) in [6.45, 7) is 2.80. The first-order valence-corrected chi connectivity index (χ1v) is 8.48. The van der Waals surface area contributed by atoms with Crippen molar-refractivity contribution in [3.05, 3.63) is 11.8 Å². The van der Waals surface area contributed by atoms with Crippen LogP contribution in [0.4, 0.5) is 0 Å². The molecule has 2 fully saturated rings. The molecular formula is C16H24N4O4. The second-order valence-electron chi connectivity index (χ2n) is 6.21. The third-order valence-corrected chi connectivity index (χ3v) is 4.39. The number of nitrogens with one attached hydrogen (secondary N) is 1. The molecule has 1 N–H and O–H groups in total. The molecule has 2 aliphatic rings. The molecule has 8 heteroatoms. The van der Waals surface area contributed by atoms with Crippen molar-refractivity contribution in [2.75, 3.05) is 32.8 Å². The van der Waals surface area contributed by atoms with E-state index in [0.717, 1.165) is 45.4 Å². The fourth-order valence-corrected chi connectivity index (χ4v) is 2.99. The van der Waals surface area contributed by atoms with Gasteiger partial charge in [0.1, 0.15) is 0 Å². The predicted molar refractivity (Wildman–Crippen MR) is 85.8 cm³/mol. The SMILES string of the molecule is Cn1nc(C(=O)NC[C@@H]2CCCO2)cc1OCC(=O)N1CCCC1. The monoisotopic (exact) mass is 336 g/mol. The van der Waals surface area contributed by atoms with Gasteiger partial charge in [-0.25, -0.2) is 4.68 Å². The Bertz CT molecular complexity index is 589. The lowest BCUT2D eigenvalue weighted by molar-refractivity contribution is -0.132. The van der Waals surface area contributed by atoms with Gasteiger partial charge in [0.05, 0.1) is 6.10 Å². The Morgan fingerprint density at radius 3 is 2.88 bits per heavy atom. The van der Waals surface area contributed by atoms with Crippen molar-refractivity contribution in [1.82, 2.24) is 20.0 Å². The van der Waals surface area contributed by atoms with E-state index in [0.29, 0.717) is 12.4 Å². The van der Waals surface area contributed by atoms with Gasteiger partial charge in [0.15, 0.2) is 12.3 Å². The van der Waals surface area contributed by atoms with Gasteiger partial charge in [0.2, 0.25) is 5.88 Å². The summed E-state index contributed by atoms with van der Waals surface area (Å²) in [7, 11) is 1.69. The maximum atomic E-state index is 12.1. The molecule has 0 bridgehead atoms. The number of carbonyl (C=O) groups is 2. The number of hydrogen-bond acceptors (Lipinski definition) is 5. The van der Waals surface area contributed by atoms with Crippen molar-refractivity contribution in [3.8, 4) is 5.88 Å². The lowest BCUT2D eigenvalue weighted by Crippen LogP contribution is -2.32. The quantitative estimate of drug-likeness (QED) is 0.809. The lowest BCUT2D eigenvalue weighted by Gasteiger charge is -2.15. The molecule has 3 rings (SSSR count). The topological polar surface area (TPSA) is 85.7 Å². The third kappa shape index (κ3) is 4.05. The molecule has 2 saturated heterocycles. The number of nitrogens with zero attached hydrogens (tertiary/aromatic N) is 3. The Hall–Kier alpha value is -2.09. The van der Waals surface area contributed by atoms with Gasteiger partial charge in [0, 0.05) is 39.4 Å². The van der Waals surface area contributed by atoms with Crippen molar-refractivity contribution < 1.29 is 19.1 Å². The standard InChI is InChI=1S/C16H24N4O4/c1-19-15(24-11-14(21)20-6-2-3-7-20)9-13(18-19)16(22)17-10-12-5-4-8-23-12/h9,12H,2-8,10-11H2,1H3,(H,17,22)/t12-/m0/s1. The predicted octanol–water partition coefficient (Wildman–Crippen LogP) is 0.330. The van der Waals surface area contributed by atoms with E-state index in [-0.39, 0.29) is 30.2 Å². The Labute approximate surface area is 141 Å². The van der Waals surface area contributed by atoms with Crippen LogP contribution in [0, 0.1) is 0 Å². The fourth-order valence-electron chi connectivity index (χ4n) is 2.99. The van der Waals surface area contributed by atoms with Gasteiger partial charge in [-0.3, -0.25) is 9.59 Å². The smallest absolute Gasteiger partial charge is 0.272 e. The molecule has 2 amide bonds. The van der Waals surface area contributed by atoms with Crippen molar-refractivity contribution in [3.63, 3.8) is 0 Å². The van der Waals surface area contributed by atoms with E-state index < -0.39 is 0 Å².